The molecule has 5 heteroatoms. The summed E-state index contributed by atoms with van der Waals surface area (Å²) in [4.78, 5) is 0. The van der Waals surface area contributed by atoms with E-state index in [9.17, 15) is 0 Å². The molecule has 1 aromatic rings. The van der Waals surface area contributed by atoms with Gasteiger partial charge < -0.3 is 9.47 Å². The van der Waals surface area contributed by atoms with Crippen molar-refractivity contribution in [3.05, 3.63) is 11.1 Å². The highest BCUT2D eigenvalue weighted by Crippen LogP contribution is 2.35. The van der Waals surface area contributed by atoms with Gasteiger partial charge in [0, 0.05) is 10.2 Å². The van der Waals surface area contributed by atoms with Gasteiger partial charge in [0.1, 0.15) is 0 Å². The topological polar surface area (TPSA) is 18.5 Å². The molecule has 18 heavy (non-hydrogen) atoms. The molecule has 0 fully saturated rings. The molecule has 0 N–H and O–H groups in total. The van der Waals surface area contributed by atoms with E-state index in [0.717, 1.165) is 16.5 Å². The number of ether oxygens (including phenoxy) is 2. The van der Waals surface area contributed by atoms with Crippen LogP contribution in [-0.2, 0) is 0 Å². The molecular formula is C13H21ClO2Si2. The highest BCUT2D eigenvalue weighted by molar-refractivity contribution is 6.92. The first kappa shape index (κ1) is 14.0. The summed E-state index contributed by atoms with van der Waals surface area (Å²) in [5.74, 6) is 1.87. The fourth-order valence-corrected chi connectivity index (χ4v) is 6.53. The van der Waals surface area contributed by atoms with Crippen molar-refractivity contribution in [2.75, 3.05) is 6.79 Å². The lowest BCUT2D eigenvalue weighted by Gasteiger charge is -2.25. The van der Waals surface area contributed by atoms with Gasteiger partial charge in [0.25, 0.3) is 0 Å². The first-order chi connectivity index (χ1) is 8.12. The second-order valence-corrected chi connectivity index (χ2v) is 17.3. The van der Waals surface area contributed by atoms with E-state index >= 15 is 0 Å². The van der Waals surface area contributed by atoms with E-state index in [2.05, 4.69) is 45.3 Å². The van der Waals surface area contributed by atoms with E-state index in [-0.39, 0.29) is 0 Å². The fourth-order valence-electron chi connectivity index (χ4n) is 2.29. The summed E-state index contributed by atoms with van der Waals surface area (Å²) < 4.78 is 11.4. The molecule has 1 aliphatic rings. The summed E-state index contributed by atoms with van der Waals surface area (Å²) in [6.45, 7) is 14.1. The molecule has 0 unspecified atom stereocenters. The molecule has 0 saturated carbocycles. The Bertz CT molecular complexity index is 487. The van der Waals surface area contributed by atoms with Crippen molar-refractivity contribution in [3.8, 4) is 11.5 Å². The van der Waals surface area contributed by atoms with E-state index in [1.54, 1.807) is 0 Å². The maximum Gasteiger partial charge on any atom is 0.231 e. The van der Waals surface area contributed by atoms with Crippen LogP contribution < -0.4 is 19.8 Å². The van der Waals surface area contributed by atoms with Crippen molar-refractivity contribution in [1.29, 1.82) is 0 Å². The van der Waals surface area contributed by atoms with Crippen LogP contribution in [0.2, 0.25) is 44.3 Å². The molecule has 0 amide bonds. The maximum absolute atomic E-state index is 6.53. The number of hydrogen-bond donors (Lipinski definition) is 0. The van der Waals surface area contributed by atoms with Gasteiger partial charge in [-0.2, -0.15) is 0 Å². The Kier molecular flexibility index (Phi) is 3.32. The van der Waals surface area contributed by atoms with E-state index in [4.69, 9.17) is 21.1 Å². The minimum atomic E-state index is -1.54. The van der Waals surface area contributed by atoms with E-state index in [1.807, 2.05) is 0 Å². The summed E-state index contributed by atoms with van der Waals surface area (Å²) in [5, 5.41) is 3.32. The average molecular weight is 301 g/mol. The molecule has 0 atom stereocenters. The van der Waals surface area contributed by atoms with Crippen LogP contribution in [0, 0.1) is 0 Å². The molecular weight excluding hydrogens is 280 g/mol. The van der Waals surface area contributed by atoms with Gasteiger partial charge in [-0.3, -0.25) is 0 Å². The SMILES string of the molecule is C[Si](C)(C)c1cc(Cl)c([Si](C)(C)C)c2c1OCO2. The van der Waals surface area contributed by atoms with Crippen molar-refractivity contribution < 1.29 is 9.47 Å². The normalized spacial score (nSPS) is 15.1. The third kappa shape index (κ3) is 2.33. The van der Waals surface area contributed by atoms with Crippen LogP contribution in [0.4, 0.5) is 0 Å². The molecule has 0 saturated heterocycles. The van der Waals surface area contributed by atoms with E-state index in [0.29, 0.717) is 6.79 Å². The molecule has 1 heterocycles. The molecule has 1 aliphatic heterocycles. The van der Waals surface area contributed by atoms with Crippen LogP contribution in [0.25, 0.3) is 0 Å². The number of halogens is 1. The van der Waals surface area contributed by atoms with E-state index < -0.39 is 16.1 Å². The zero-order chi connectivity index (χ0) is 13.7. The quantitative estimate of drug-likeness (QED) is 0.781. The summed E-state index contributed by atoms with van der Waals surface area (Å²) >= 11 is 6.53. The van der Waals surface area contributed by atoms with E-state index in [1.165, 1.54) is 10.4 Å². The Labute approximate surface area is 116 Å². The molecule has 2 rings (SSSR count). The maximum atomic E-state index is 6.53. The monoisotopic (exact) mass is 300 g/mol. The second-order valence-electron chi connectivity index (χ2n) is 6.85. The molecule has 0 radical (unpaired) electrons. The lowest BCUT2D eigenvalue weighted by Crippen LogP contribution is -2.43. The smallest absolute Gasteiger partial charge is 0.231 e. The van der Waals surface area contributed by atoms with Crippen LogP contribution in [0.3, 0.4) is 0 Å². The zero-order valence-corrected chi connectivity index (χ0v) is 14.7. The minimum absolute atomic E-state index is 0.324. The van der Waals surface area contributed by atoms with Gasteiger partial charge in [-0.25, -0.2) is 0 Å². The van der Waals surface area contributed by atoms with Crippen molar-refractivity contribution in [2.24, 2.45) is 0 Å². The molecule has 0 spiro atoms. The first-order valence-electron chi connectivity index (χ1n) is 6.25. The van der Waals surface area contributed by atoms with Crippen molar-refractivity contribution in [3.63, 3.8) is 0 Å². The third-order valence-electron chi connectivity index (χ3n) is 3.15. The standard InChI is InChI=1S/C13H21ClO2Si2/c1-17(2,3)10-7-9(14)13(18(4,5)6)12-11(10)15-8-16-12/h7H,8H2,1-6H3. The molecule has 0 aromatic heterocycles. The highest BCUT2D eigenvalue weighted by Gasteiger charge is 2.35. The van der Waals surface area contributed by atoms with Gasteiger partial charge in [-0.05, 0) is 11.3 Å². The Morgan fingerprint density at radius 3 is 2.00 bits per heavy atom. The van der Waals surface area contributed by atoms with Gasteiger partial charge in [0.05, 0.1) is 16.1 Å². The van der Waals surface area contributed by atoms with Gasteiger partial charge >= 0.3 is 0 Å². The van der Waals surface area contributed by atoms with Crippen LogP contribution in [0.1, 0.15) is 0 Å². The molecule has 0 bridgehead atoms. The Morgan fingerprint density at radius 2 is 1.50 bits per heavy atom. The Hall–Kier alpha value is -0.456. The third-order valence-corrected chi connectivity index (χ3v) is 7.59. The Morgan fingerprint density at radius 1 is 0.944 bits per heavy atom. The van der Waals surface area contributed by atoms with Gasteiger partial charge in [-0.15, -0.1) is 0 Å². The van der Waals surface area contributed by atoms with Crippen molar-refractivity contribution in [1.82, 2.24) is 0 Å². The number of rotatable bonds is 2. The summed E-state index contributed by atoms with van der Waals surface area (Å²) in [5.41, 5.74) is 0. The van der Waals surface area contributed by atoms with Crippen molar-refractivity contribution >= 4 is 38.1 Å². The minimum Gasteiger partial charge on any atom is -0.454 e. The van der Waals surface area contributed by atoms with Crippen LogP contribution >= 0.6 is 11.6 Å². The predicted octanol–water partition coefficient (Wildman–Crippen LogP) is 3.16. The van der Waals surface area contributed by atoms with Crippen molar-refractivity contribution in [2.45, 2.75) is 39.3 Å². The van der Waals surface area contributed by atoms with Gasteiger partial charge in [0.15, 0.2) is 11.5 Å². The second kappa shape index (κ2) is 4.28. The van der Waals surface area contributed by atoms with Crippen LogP contribution in [0.15, 0.2) is 6.07 Å². The molecule has 0 aliphatic carbocycles. The number of benzene rings is 1. The largest absolute Gasteiger partial charge is 0.454 e. The molecule has 1 aromatic carbocycles. The lowest BCUT2D eigenvalue weighted by atomic mass is 10.3. The predicted molar refractivity (Wildman–Crippen MR) is 83.5 cm³/mol. The van der Waals surface area contributed by atoms with Crippen LogP contribution in [-0.4, -0.2) is 22.9 Å². The van der Waals surface area contributed by atoms with Crippen LogP contribution in [0.5, 0.6) is 11.5 Å². The van der Waals surface area contributed by atoms with Gasteiger partial charge in [-0.1, -0.05) is 50.9 Å². The molecule has 100 valence electrons. The summed E-state index contributed by atoms with van der Waals surface area (Å²) in [7, 11) is -3.02. The number of hydrogen-bond acceptors (Lipinski definition) is 2. The fraction of sp³-hybridized carbons (Fsp3) is 0.538. The lowest BCUT2D eigenvalue weighted by molar-refractivity contribution is 0.175. The zero-order valence-electron chi connectivity index (χ0n) is 12.0. The molecule has 2 nitrogen and oxygen atoms in total. The Balaban J connectivity index is 2.73. The number of fused-ring (bicyclic) bond motifs is 1. The average Bonchev–Trinajstić information content (AvgIpc) is 2.60. The van der Waals surface area contributed by atoms with Gasteiger partial charge in [0.2, 0.25) is 6.79 Å². The first-order valence-corrected chi connectivity index (χ1v) is 13.6. The summed E-state index contributed by atoms with van der Waals surface area (Å²) in [6.07, 6.45) is 0. The summed E-state index contributed by atoms with van der Waals surface area (Å²) in [6, 6.07) is 2.12. The highest BCUT2D eigenvalue weighted by atomic mass is 35.5.